The Labute approximate surface area is 161 Å². The number of fused-ring (bicyclic) bond motifs is 1. The van der Waals surface area contributed by atoms with Crippen molar-refractivity contribution in [2.75, 3.05) is 0 Å². The highest BCUT2D eigenvalue weighted by Gasteiger charge is 2.17. The van der Waals surface area contributed by atoms with E-state index in [9.17, 15) is 10.5 Å². The van der Waals surface area contributed by atoms with Crippen molar-refractivity contribution in [1.29, 1.82) is 10.5 Å². The zero-order valence-electron chi connectivity index (χ0n) is 15.3. The Kier molecular flexibility index (Phi) is 4.23. The second-order valence-corrected chi connectivity index (χ2v) is 6.50. The summed E-state index contributed by atoms with van der Waals surface area (Å²) in [7, 11) is 0. The molecule has 0 N–H and O–H groups in total. The van der Waals surface area contributed by atoms with Crippen LogP contribution in [0.5, 0.6) is 11.5 Å². The van der Waals surface area contributed by atoms with Crippen LogP contribution in [-0.2, 0) is 0 Å². The van der Waals surface area contributed by atoms with Crippen LogP contribution in [0.2, 0.25) is 0 Å². The first-order valence-electron chi connectivity index (χ1n) is 8.64. The molecule has 3 aromatic carbocycles. The number of nitriles is 2. The molecule has 0 spiro atoms. The molecule has 0 aliphatic carbocycles. The molecule has 0 saturated heterocycles. The molecule has 134 valence electrons. The van der Waals surface area contributed by atoms with Crippen LogP contribution in [0.25, 0.3) is 16.7 Å². The third kappa shape index (κ3) is 3.04. The molecule has 0 aliphatic heterocycles. The minimum absolute atomic E-state index is 0.245. The summed E-state index contributed by atoms with van der Waals surface area (Å²) >= 11 is 0. The van der Waals surface area contributed by atoms with Crippen LogP contribution in [0.1, 0.15) is 22.3 Å². The molecular formula is C22H15N5O. The van der Waals surface area contributed by atoms with Crippen LogP contribution in [0.3, 0.4) is 0 Å². The van der Waals surface area contributed by atoms with Crippen molar-refractivity contribution < 1.29 is 4.74 Å². The van der Waals surface area contributed by atoms with E-state index in [0.717, 1.165) is 22.2 Å². The molecule has 6 nitrogen and oxygen atoms in total. The fraction of sp³-hybridized carbons (Fsp3) is 0.0909. The highest BCUT2D eigenvalue weighted by Crippen LogP contribution is 2.33. The summed E-state index contributed by atoms with van der Waals surface area (Å²) in [5.74, 6) is 1.08. The minimum atomic E-state index is 0.245. The number of hydrogen-bond acceptors (Lipinski definition) is 5. The first kappa shape index (κ1) is 17.3. The average Bonchev–Trinajstić information content (AvgIpc) is 3.11. The van der Waals surface area contributed by atoms with E-state index < -0.39 is 0 Å². The number of hydrogen-bond donors (Lipinski definition) is 0. The van der Waals surface area contributed by atoms with Gasteiger partial charge in [0.25, 0.3) is 0 Å². The summed E-state index contributed by atoms with van der Waals surface area (Å²) in [6.45, 7) is 3.98. The lowest BCUT2D eigenvalue weighted by atomic mass is 10.1. The molecule has 0 radical (unpaired) electrons. The Bertz CT molecular complexity index is 1270. The standard InChI is InChI=1S/C22H15N5O/c1-14-7-15(2)9-18(8-14)28-22-11-17(13-24)16(12-23)10-21(22)27-20-6-4-3-5-19(20)25-26-27/h3-11H,1-2H3. The maximum absolute atomic E-state index is 9.45. The third-order valence-corrected chi connectivity index (χ3v) is 4.34. The molecule has 4 rings (SSSR count). The van der Waals surface area contributed by atoms with Crippen molar-refractivity contribution in [2.45, 2.75) is 13.8 Å². The van der Waals surface area contributed by atoms with Crippen molar-refractivity contribution in [1.82, 2.24) is 15.0 Å². The zero-order valence-corrected chi connectivity index (χ0v) is 15.3. The predicted octanol–water partition coefficient (Wildman–Crippen LogP) is 4.57. The van der Waals surface area contributed by atoms with Crippen molar-refractivity contribution >= 4 is 11.0 Å². The lowest BCUT2D eigenvalue weighted by Gasteiger charge is -2.14. The van der Waals surface area contributed by atoms with Gasteiger partial charge in [0.2, 0.25) is 0 Å². The highest BCUT2D eigenvalue weighted by molar-refractivity contribution is 5.77. The summed E-state index contributed by atoms with van der Waals surface area (Å²) in [6, 6.07) is 20.7. The van der Waals surface area contributed by atoms with Gasteiger partial charge in [0.05, 0.1) is 16.6 Å². The van der Waals surface area contributed by atoms with Crippen molar-refractivity contribution in [3.63, 3.8) is 0 Å². The largest absolute Gasteiger partial charge is 0.455 e. The lowest BCUT2D eigenvalue weighted by Crippen LogP contribution is -2.02. The third-order valence-electron chi connectivity index (χ3n) is 4.34. The second-order valence-electron chi connectivity index (χ2n) is 6.50. The molecule has 0 bridgehead atoms. The molecule has 1 aromatic heterocycles. The average molecular weight is 365 g/mol. The van der Waals surface area contributed by atoms with Crippen molar-refractivity contribution in [2.24, 2.45) is 0 Å². The Morgan fingerprint density at radius 2 is 1.57 bits per heavy atom. The number of aryl methyl sites for hydroxylation is 2. The van der Waals surface area contributed by atoms with E-state index in [1.165, 1.54) is 0 Å². The van der Waals surface area contributed by atoms with Gasteiger partial charge in [-0.15, -0.1) is 5.10 Å². The number of benzene rings is 3. The first-order valence-corrected chi connectivity index (χ1v) is 8.64. The van der Waals surface area contributed by atoms with Crippen LogP contribution in [0.15, 0.2) is 54.6 Å². The van der Waals surface area contributed by atoms with Gasteiger partial charge in [-0.25, -0.2) is 4.68 Å². The van der Waals surface area contributed by atoms with E-state index in [1.807, 2.05) is 50.2 Å². The van der Waals surface area contributed by atoms with Crippen molar-refractivity contribution in [3.05, 3.63) is 76.9 Å². The molecule has 28 heavy (non-hydrogen) atoms. The summed E-state index contributed by atoms with van der Waals surface area (Å²) in [5.41, 5.74) is 4.68. The second kappa shape index (κ2) is 6.86. The Hall–Kier alpha value is -4.16. The summed E-state index contributed by atoms with van der Waals surface area (Å²) < 4.78 is 7.76. The van der Waals surface area contributed by atoms with Gasteiger partial charge in [-0.05, 0) is 55.3 Å². The van der Waals surface area contributed by atoms with E-state index in [1.54, 1.807) is 16.8 Å². The van der Waals surface area contributed by atoms with Gasteiger partial charge in [0, 0.05) is 6.07 Å². The molecule has 0 unspecified atom stereocenters. The number of rotatable bonds is 3. The fourth-order valence-corrected chi connectivity index (χ4v) is 3.17. The molecule has 6 heteroatoms. The predicted molar refractivity (Wildman–Crippen MR) is 104 cm³/mol. The molecule has 4 aromatic rings. The van der Waals surface area contributed by atoms with E-state index in [0.29, 0.717) is 17.2 Å². The zero-order chi connectivity index (χ0) is 19.7. The Morgan fingerprint density at radius 1 is 0.893 bits per heavy atom. The molecular weight excluding hydrogens is 350 g/mol. The smallest absolute Gasteiger partial charge is 0.154 e. The lowest BCUT2D eigenvalue weighted by molar-refractivity contribution is 0.477. The number of aromatic nitrogens is 3. The maximum Gasteiger partial charge on any atom is 0.154 e. The number of nitrogens with zero attached hydrogens (tertiary/aromatic N) is 5. The highest BCUT2D eigenvalue weighted by atomic mass is 16.5. The topological polar surface area (TPSA) is 87.5 Å². The molecule has 0 amide bonds. The fourth-order valence-electron chi connectivity index (χ4n) is 3.17. The Morgan fingerprint density at radius 3 is 2.29 bits per heavy atom. The van der Waals surface area contributed by atoms with E-state index in [4.69, 9.17) is 4.74 Å². The summed E-state index contributed by atoms with van der Waals surface area (Å²) in [4.78, 5) is 0. The molecule has 0 saturated carbocycles. The molecule has 0 atom stereocenters. The monoisotopic (exact) mass is 365 g/mol. The van der Waals surface area contributed by atoms with Gasteiger partial charge >= 0.3 is 0 Å². The van der Waals surface area contributed by atoms with Crippen LogP contribution in [-0.4, -0.2) is 15.0 Å². The Balaban J connectivity index is 1.94. The molecule has 0 fully saturated rings. The van der Waals surface area contributed by atoms with Crippen LogP contribution >= 0.6 is 0 Å². The van der Waals surface area contributed by atoms with Gasteiger partial charge in [-0.1, -0.05) is 23.4 Å². The quantitative estimate of drug-likeness (QED) is 0.530. The van der Waals surface area contributed by atoms with Gasteiger partial charge in [0.15, 0.2) is 5.75 Å². The maximum atomic E-state index is 9.45. The van der Waals surface area contributed by atoms with Crippen LogP contribution < -0.4 is 4.74 Å². The minimum Gasteiger partial charge on any atom is -0.455 e. The number of ether oxygens (including phenoxy) is 1. The normalized spacial score (nSPS) is 10.4. The molecule has 0 aliphatic rings. The van der Waals surface area contributed by atoms with E-state index >= 15 is 0 Å². The van der Waals surface area contributed by atoms with E-state index in [2.05, 4.69) is 28.5 Å². The van der Waals surface area contributed by atoms with E-state index in [-0.39, 0.29) is 11.1 Å². The summed E-state index contributed by atoms with van der Waals surface area (Å²) in [6.07, 6.45) is 0. The van der Waals surface area contributed by atoms with Gasteiger partial charge in [-0.2, -0.15) is 10.5 Å². The van der Waals surface area contributed by atoms with Crippen molar-refractivity contribution in [3.8, 4) is 29.3 Å². The molecule has 1 heterocycles. The number of para-hydroxylation sites is 1. The first-order chi connectivity index (χ1) is 13.6. The summed E-state index contributed by atoms with van der Waals surface area (Å²) in [5, 5.41) is 27.3. The van der Waals surface area contributed by atoms with Crippen LogP contribution in [0.4, 0.5) is 0 Å². The van der Waals surface area contributed by atoms with Gasteiger partial charge in [0.1, 0.15) is 29.1 Å². The van der Waals surface area contributed by atoms with Gasteiger partial charge < -0.3 is 4.74 Å². The van der Waals surface area contributed by atoms with Gasteiger partial charge in [-0.3, -0.25) is 0 Å². The van der Waals surface area contributed by atoms with Crippen LogP contribution in [0, 0.1) is 36.5 Å². The SMILES string of the molecule is Cc1cc(C)cc(Oc2cc(C#N)c(C#N)cc2-n2nnc3ccccc32)c1.